The summed E-state index contributed by atoms with van der Waals surface area (Å²) in [6.45, 7) is -0.196. The fourth-order valence-electron chi connectivity index (χ4n) is 1.74. The van der Waals surface area contributed by atoms with Crippen molar-refractivity contribution in [3.63, 3.8) is 0 Å². The van der Waals surface area contributed by atoms with Gasteiger partial charge in [-0.2, -0.15) is 0 Å². The highest BCUT2D eigenvalue weighted by Gasteiger charge is 2.31. The summed E-state index contributed by atoms with van der Waals surface area (Å²) in [5.74, 6) is -0.221. The molecule has 0 unspecified atom stereocenters. The Morgan fingerprint density at radius 2 is 1.57 bits per heavy atom. The van der Waals surface area contributed by atoms with Gasteiger partial charge in [-0.15, -0.1) is 13.2 Å². The van der Waals surface area contributed by atoms with Crippen LogP contribution in [0.1, 0.15) is 11.1 Å². The van der Waals surface area contributed by atoms with Crippen molar-refractivity contribution in [3.05, 3.63) is 59.7 Å². The summed E-state index contributed by atoms with van der Waals surface area (Å²) in [4.78, 5) is 0. The molecular formula is C15H13F3O3. The molecule has 0 bridgehead atoms. The molecule has 2 aromatic carbocycles. The smallest absolute Gasteiger partial charge is 0.489 e. The van der Waals surface area contributed by atoms with Crippen LogP contribution < -0.4 is 9.47 Å². The van der Waals surface area contributed by atoms with Crippen molar-refractivity contribution in [1.29, 1.82) is 0 Å². The third-order valence-corrected chi connectivity index (χ3v) is 2.60. The van der Waals surface area contributed by atoms with E-state index in [0.717, 1.165) is 17.7 Å². The highest BCUT2D eigenvalue weighted by atomic mass is 19.4. The molecule has 0 fully saturated rings. The lowest BCUT2D eigenvalue weighted by Gasteiger charge is -2.13. The number of aliphatic hydroxyl groups is 1. The molecule has 0 saturated heterocycles. The second kappa shape index (κ2) is 6.49. The third-order valence-electron chi connectivity index (χ3n) is 2.60. The number of alkyl halides is 3. The van der Waals surface area contributed by atoms with E-state index in [2.05, 4.69) is 4.74 Å². The highest BCUT2D eigenvalue weighted by molar-refractivity contribution is 5.38. The van der Waals surface area contributed by atoms with E-state index in [9.17, 15) is 13.2 Å². The largest absolute Gasteiger partial charge is 0.573 e. The monoisotopic (exact) mass is 298 g/mol. The molecule has 0 amide bonds. The van der Waals surface area contributed by atoms with Crippen LogP contribution in [-0.2, 0) is 13.2 Å². The molecule has 0 atom stereocenters. The van der Waals surface area contributed by atoms with Gasteiger partial charge in [-0.1, -0.05) is 30.3 Å². The summed E-state index contributed by atoms with van der Waals surface area (Å²) < 4.78 is 46.0. The maximum atomic E-state index is 12.2. The van der Waals surface area contributed by atoms with E-state index in [-0.39, 0.29) is 17.9 Å². The Bertz CT molecular complexity index is 582. The molecule has 0 aliphatic rings. The van der Waals surface area contributed by atoms with Crippen LogP contribution >= 0.6 is 0 Å². The first-order chi connectivity index (χ1) is 9.96. The molecule has 0 aromatic heterocycles. The second-order valence-electron chi connectivity index (χ2n) is 4.29. The molecule has 0 heterocycles. The summed E-state index contributed by atoms with van der Waals surface area (Å²) in [5, 5.41) is 9.08. The Labute approximate surface area is 119 Å². The van der Waals surface area contributed by atoms with Crippen LogP contribution in [0.25, 0.3) is 0 Å². The van der Waals surface area contributed by atoms with Crippen LogP contribution in [-0.4, -0.2) is 11.5 Å². The lowest BCUT2D eigenvalue weighted by atomic mass is 10.2. The first-order valence-corrected chi connectivity index (χ1v) is 6.13. The van der Waals surface area contributed by atoms with Gasteiger partial charge in [0.1, 0.15) is 18.1 Å². The van der Waals surface area contributed by atoms with Gasteiger partial charge in [0.25, 0.3) is 0 Å². The van der Waals surface area contributed by atoms with E-state index in [4.69, 9.17) is 9.84 Å². The zero-order valence-electron chi connectivity index (χ0n) is 10.9. The number of rotatable bonds is 5. The Hall–Kier alpha value is -2.21. The minimum absolute atomic E-state index is 0.199. The fraction of sp³-hybridized carbons (Fsp3) is 0.200. The standard InChI is InChI=1S/C15H13F3O3/c16-15(17,18)21-14-7-12(9-19)6-13(8-14)20-10-11-4-2-1-3-5-11/h1-8,19H,9-10H2. The van der Waals surface area contributed by atoms with Crippen LogP contribution in [0.3, 0.4) is 0 Å². The molecule has 6 heteroatoms. The molecule has 0 aliphatic heterocycles. The van der Waals surface area contributed by atoms with Crippen molar-refractivity contribution in [3.8, 4) is 11.5 Å². The summed E-state index contributed by atoms with van der Waals surface area (Å²) in [7, 11) is 0. The van der Waals surface area contributed by atoms with Crippen LogP contribution in [0.4, 0.5) is 13.2 Å². The Morgan fingerprint density at radius 3 is 2.19 bits per heavy atom. The van der Waals surface area contributed by atoms with Crippen LogP contribution in [0.5, 0.6) is 11.5 Å². The van der Waals surface area contributed by atoms with Crippen molar-refractivity contribution >= 4 is 0 Å². The summed E-state index contributed by atoms with van der Waals surface area (Å²) >= 11 is 0. The SMILES string of the molecule is OCc1cc(OCc2ccccc2)cc(OC(F)(F)F)c1. The number of hydrogen-bond acceptors (Lipinski definition) is 3. The molecule has 1 N–H and O–H groups in total. The van der Waals surface area contributed by atoms with E-state index in [0.29, 0.717) is 0 Å². The molecule has 0 aliphatic carbocycles. The number of aliphatic hydroxyl groups excluding tert-OH is 1. The molecule has 21 heavy (non-hydrogen) atoms. The Kier molecular flexibility index (Phi) is 4.70. The predicted octanol–water partition coefficient (Wildman–Crippen LogP) is 3.66. The van der Waals surface area contributed by atoms with Gasteiger partial charge in [0, 0.05) is 6.07 Å². The van der Waals surface area contributed by atoms with Crippen molar-refractivity contribution in [1.82, 2.24) is 0 Å². The molecular weight excluding hydrogens is 285 g/mol. The van der Waals surface area contributed by atoms with Crippen LogP contribution in [0.2, 0.25) is 0 Å². The topological polar surface area (TPSA) is 38.7 Å². The van der Waals surface area contributed by atoms with Gasteiger partial charge in [0.05, 0.1) is 6.61 Å². The van der Waals surface area contributed by atoms with Crippen molar-refractivity contribution < 1.29 is 27.8 Å². The van der Waals surface area contributed by atoms with Gasteiger partial charge in [0.2, 0.25) is 0 Å². The van der Waals surface area contributed by atoms with Crippen molar-refractivity contribution in [2.24, 2.45) is 0 Å². The lowest BCUT2D eigenvalue weighted by Crippen LogP contribution is -2.17. The van der Waals surface area contributed by atoms with Gasteiger partial charge >= 0.3 is 6.36 Å². The van der Waals surface area contributed by atoms with Gasteiger partial charge in [-0.25, -0.2) is 0 Å². The third kappa shape index (κ3) is 5.00. The zero-order chi connectivity index (χ0) is 15.3. The van der Waals surface area contributed by atoms with Gasteiger partial charge in [-0.3, -0.25) is 0 Å². The van der Waals surface area contributed by atoms with Crippen molar-refractivity contribution in [2.75, 3.05) is 0 Å². The minimum atomic E-state index is -4.79. The molecule has 3 nitrogen and oxygen atoms in total. The molecule has 2 rings (SSSR count). The van der Waals surface area contributed by atoms with E-state index in [1.165, 1.54) is 6.07 Å². The van der Waals surface area contributed by atoms with Crippen LogP contribution in [0, 0.1) is 0 Å². The van der Waals surface area contributed by atoms with Gasteiger partial charge in [0.15, 0.2) is 0 Å². The molecule has 0 radical (unpaired) electrons. The van der Waals surface area contributed by atoms with E-state index in [1.54, 1.807) is 0 Å². The second-order valence-corrected chi connectivity index (χ2v) is 4.29. The first-order valence-electron chi connectivity index (χ1n) is 6.13. The fourth-order valence-corrected chi connectivity index (χ4v) is 1.74. The van der Waals surface area contributed by atoms with Crippen LogP contribution in [0.15, 0.2) is 48.5 Å². The quantitative estimate of drug-likeness (QED) is 0.915. The van der Waals surface area contributed by atoms with E-state index in [1.807, 2.05) is 30.3 Å². The normalized spacial score (nSPS) is 11.2. The summed E-state index contributed by atoms with van der Waals surface area (Å²) in [6, 6.07) is 12.9. The summed E-state index contributed by atoms with van der Waals surface area (Å²) in [6.07, 6.45) is -4.79. The number of benzene rings is 2. The van der Waals surface area contributed by atoms with Gasteiger partial charge in [-0.05, 0) is 23.3 Å². The van der Waals surface area contributed by atoms with E-state index >= 15 is 0 Å². The summed E-state index contributed by atoms with van der Waals surface area (Å²) in [5.41, 5.74) is 1.16. The number of hydrogen-bond donors (Lipinski definition) is 1. The predicted molar refractivity (Wildman–Crippen MR) is 69.8 cm³/mol. The van der Waals surface area contributed by atoms with E-state index < -0.39 is 18.7 Å². The molecule has 0 spiro atoms. The maximum absolute atomic E-state index is 12.2. The maximum Gasteiger partial charge on any atom is 0.573 e. The lowest BCUT2D eigenvalue weighted by molar-refractivity contribution is -0.274. The molecule has 112 valence electrons. The first kappa shape index (κ1) is 15.2. The highest BCUT2D eigenvalue weighted by Crippen LogP contribution is 2.28. The Balaban J connectivity index is 2.13. The number of halogens is 3. The Morgan fingerprint density at radius 1 is 0.905 bits per heavy atom. The zero-order valence-corrected chi connectivity index (χ0v) is 10.9. The number of ether oxygens (including phenoxy) is 2. The molecule has 0 saturated carbocycles. The average molecular weight is 298 g/mol. The van der Waals surface area contributed by atoms with Gasteiger partial charge < -0.3 is 14.6 Å². The molecule has 2 aromatic rings. The van der Waals surface area contributed by atoms with Crippen molar-refractivity contribution in [2.45, 2.75) is 19.6 Å². The average Bonchev–Trinajstić information content (AvgIpc) is 2.44. The minimum Gasteiger partial charge on any atom is -0.489 e.